The fourth-order valence-corrected chi connectivity index (χ4v) is 1.61. The summed E-state index contributed by atoms with van der Waals surface area (Å²) in [6.45, 7) is 3.69. The summed E-state index contributed by atoms with van der Waals surface area (Å²) in [5.74, 6) is 1.13. The zero-order chi connectivity index (χ0) is 10.7. The molecule has 3 nitrogen and oxygen atoms in total. The Morgan fingerprint density at radius 2 is 2.00 bits per heavy atom. The lowest BCUT2D eigenvalue weighted by Crippen LogP contribution is -1.78. The lowest BCUT2D eigenvalue weighted by Gasteiger charge is -1.96. The molecule has 0 saturated heterocycles. The van der Waals surface area contributed by atoms with Crippen molar-refractivity contribution in [2.45, 2.75) is 11.3 Å². The van der Waals surface area contributed by atoms with E-state index in [0.29, 0.717) is 18.2 Å². The van der Waals surface area contributed by atoms with Gasteiger partial charge in [0.1, 0.15) is 0 Å². The molecule has 0 bridgehead atoms. The SMILES string of the molecule is [CH2]Cc1nnc(-c2ccc(SC)cc2)o1. The Morgan fingerprint density at radius 1 is 1.27 bits per heavy atom. The molecule has 0 N–H and O–H groups in total. The van der Waals surface area contributed by atoms with Crippen LogP contribution in [0.3, 0.4) is 0 Å². The van der Waals surface area contributed by atoms with E-state index in [9.17, 15) is 0 Å². The topological polar surface area (TPSA) is 38.9 Å². The minimum Gasteiger partial charge on any atom is -0.421 e. The van der Waals surface area contributed by atoms with Gasteiger partial charge in [0.15, 0.2) is 0 Å². The molecule has 1 heterocycles. The Balaban J connectivity index is 2.28. The molecule has 0 unspecified atom stereocenters. The van der Waals surface area contributed by atoms with Crippen LogP contribution >= 0.6 is 11.8 Å². The molecule has 0 aliphatic heterocycles. The largest absolute Gasteiger partial charge is 0.421 e. The molecule has 1 radical (unpaired) electrons. The van der Waals surface area contributed by atoms with Crippen LogP contribution in [-0.4, -0.2) is 16.5 Å². The summed E-state index contributed by atoms with van der Waals surface area (Å²) < 4.78 is 5.40. The van der Waals surface area contributed by atoms with Crippen LogP contribution in [0.1, 0.15) is 5.89 Å². The molecule has 1 aromatic heterocycles. The second-order valence-corrected chi connectivity index (χ2v) is 3.86. The Morgan fingerprint density at radius 3 is 2.53 bits per heavy atom. The average Bonchev–Trinajstić information content (AvgIpc) is 2.78. The molecule has 0 spiro atoms. The molecule has 1 aromatic carbocycles. The fraction of sp³-hybridized carbons (Fsp3) is 0.182. The lowest BCUT2D eigenvalue weighted by molar-refractivity contribution is 0.520. The lowest BCUT2D eigenvalue weighted by atomic mass is 10.2. The van der Waals surface area contributed by atoms with E-state index < -0.39 is 0 Å². The summed E-state index contributed by atoms with van der Waals surface area (Å²) in [5.41, 5.74) is 0.944. The predicted octanol–water partition coefficient (Wildman–Crippen LogP) is 2.84. The number of rotatable bonds is 3. The van der Waals surface area contributed by atoms with Crippen LogP contribution < -0.4 is 0 Å². The van der Waals surface area contributed by atoms with Gasteiger partial charge in [-0.3, -0.25) is 0 Å². The first-order valence-electron chi connectivity index (χ1n) is 4.59. The van der Waals surface area contributed by atoms with Crippen LogP contribution in [0.25, 0.3) is 11.5 Å². The van der Waals surface area contributed by atoms with Crippen molar-refractivity contribution in [3.05, 3.63) is 37.1 Å². The molecule has 0 amide bonds. The molecule has 0 atom stereocenters. The molecule has 15 heavy (non-hydrogen) atoms. The van der Waals surface area contributed by atoms with Crippen molar-refractivity contribution in [2.75, 3.05) is 6.26 Å². The van der Waals surface area contributed by atoms with Crippen LogP contribution in [0.15, 0.2) is 33.6 Å². The van der Waals surface area contributed by atoms with Gasteiger partial charge in [-0.2, -0.15) is 0 Å². The van der Waals surface area contributed by atoms with Crippen LogP contribution in [-0.2, 0) is 6.42 Å². The molecule has 2 aromatic rings. The maximum atomic E-state index is 5.40. The third-order valence-corrected chi connectivity index (χ3v) is 2.76. The van der Waals surface area contributed by atoms with Crippen LogP contribution in [0.5, 0.6) is 0 Å². The number of nitrogens with zero attached hydrogens (tertiary/aromatic N) is 2. The van der Waals surface area contributed by atoms with Crippen molar-refractivity contribution in [1.82, 2.24) is 10.2 Å². The zero-order valence-electron chi connectivity index (χ0n) is 8.43. The summed E-state index contributed by atoms with van der Waals surface area (Å²) in [7, 11) is 0. The van der Waals surface area contributed by atoms with Gasteiger partial charge in [0.25, 0.3) is 0 Å². The summed E-state index contributed by atoms with van der Waals surface area (Å²) in [6, 6.07) is 8.03. The first-order valence-corrected chi connectivity index (χ1v) is 5.82. The second-order valence-electron chi connectivity index (χ2n) is 2.98. The highest BCUT2D eigenvalue weighted by Crippen LogP contribution is 2.21. The van der Waals surface area contributed by atoms with Crippen molar-refractivity contribution in [3.8, 4) is 11.5 Å². The summed E-state index contributed by atoms with van der Waals surface area (Å²) in [5, 5.41) is 7.82. The van der Waals surface area contributed by atoms with Crippen LogP contribution in [0, 0.1) is 6.92 Å². The van der Waals surface area contributed by atoms with Gasteiger partial charge in [0, 0.05) is 16.9 Å². The van der Waals surface area contributed by atoms with Gasteiger partial charge in [-0.25, -0.2) is 0 Å². The molecule has 0 aliphatic rings. The van der Waals surface area contributed by atoms with Gasteiger partial charge in [-0.1, -0.05) is 0 Å². The van der Waals surface area contributed by atoms with Crippen molar-refractivity contribution in [1.29, 1.82) is 0 Å². The molecule has 0 aliphatic carbocycles. The maximum absolute atomic E-state index is 5.40. The number of hydrogen-bond acceptors (Lipinski definition) is 4. The van der Waals surface area contributed by atoms with Crippen LogP contribution in [0.2, 0.25) is 0 Å². The van der Waals surface area contributed by atoms with Crippen molar-refractivity contribution in [3.63, 3.8) is 0 Å². The highest BCUT2D eigenvalue weighted by molar-refractivity contribution is 7.98. The number of benzene rings is 1. The predicted molar refractivity (Wildman–Crippen MR) is 60.6 cm³/mol. The highest BCUT2D eigenvalue weighted by atomic mass is 32.2. The van der Waals surface area contributed by atoms with E-state index in [1.165, 1.54) is 4.90 Å². The third kappa shape index (κ3) is 2.21. The van der Waals surface area contributed by atoms with Crippen molar-refractivity contribution >= 4 is 11.8 Å². The highest BCUT2D eigenvalue weighted by Gasteiger charge is 2.06. The molecule has 77 valence electrons. The normalized spacial score (nSPS) is 10.5. The van der Waals surface area contributed by atoms with Crippen LogP contribution in [0.4, 0.5) is 0 Å². The first-order chi connectivity index (χ1) is 7.33. The minimum absolute atomic E-state index is 0.524. The Hall–Kier alpha value is -1.29. The Labute approximate surface area is 92.9 Å². The molecular weight excluding hydrogens is 208 g/mol. The molecule has 0 saturated carbocycles. The molecule has 0 fully saturated rings. The summed E-state index contributed by atoms with van der Waals surface area (Å²) in [6.07, 6.45) is 2.57. The minimum atomic E-state index is 0.524. The monoisotopic (exact) mass is 219 g/mol. The van der Waals surface area contributed by atoms with Gasteiger partial charge in [0.05, 0.1) is 0 Å². The molecule has 4 heteroatoms. The van der Waals surface area contributed by atoms with E-state index in [1.54, 1.807) is 11.8 Å². The second kappa shape index (κ2) is 4.49. The smallest absolute Gasteiger partial charge is 0.247 e. The summed E-state index contributed by atoms with van der Waals surface area (Å²) in [4.78, 5) is 1.22. The first kappa shape index (κ1) is 10.2. The quantitative estimate of drug-likeness (QED) is 0.744. The fourth-order valence-electron chi connectivity index (χ4n) is 1.20. The van der Waals surface area contributed by atoms with E-state index in [-0.39, 0.29) is 0 Å². The van der Waals surface area contributed by atoms with Gasteiger partial charge >= 0.3 is 0 Å². The molecular formula is C11H11N2OS. The number of aromatic nitrogens is 2. The van der Waals surface area contributed by atoms with Crippen molar-refractivity contribution in [2.24, 2.45) is 0 Å². The van der Waals surface area contributed by atoms with Gasteiger partial charge in [0.2, 0.25) is 11.8 Å². The zero-order valence-corrected chi connectivity index (χ0v) is 9.25. The Bertz CT molecular complexity index is 436. The van der Waals surface area contributed by atoms with E-state index in [0.717, 1.165) is 5.56 Å². The van der Waals surface area contributed by atoms with Gasteiger partial charge in [-0.05, 0) is 37.4 Å². The van der Waals surface area contributed by atoms with Crippen molar-refractivity contribution < 1.29 is 4.42 Å². The molecule has 2 rings (SSSR count). The van der Waals surface area contributed by atoms with Gasteiger partial charge in [-0.15, -0.1) is 22.0 Å². The van der Waals surface area contributed by atoms with E-state index in [1.807, 2.05) is 30.5 Å². The average molecular weight is 219 g/mol. The van der Waals surface area contributed by atoms with E-state index in [4.69, 9.17) is 4.42 Å². The van der Waals surface area contributed by atoms with Gasteiger partial charge < -0.3 is 4.42 Å². The standard InChI is InChI=1S/C11H11N2OS/c1-3-10-12-13-11(14-10)8-4-6-9(15-2)7-5-8/h4-7H,1,3H2,2H3. The Kier molecular flexibility index (Phi) is 3.06. The summed E-state index contributed by atoms with van der Waals surface area (Å²) >= 11 is 1.71. The number of hydrogen-bond donors (Lipinski definition) is 0. The van der Waals surface area contributed by atoms with E-state index in [2.05, 4.69) is 17.1 Å². The number of thioether (sulfide) groups is 1. The maximum Gasteiger partial charge on any atom is 0.247 e. The third-order valence-electron chi connectivity index (χ3n) is 2.02. The van der Waals surface area contributed by atoms with E-state index >= 15 is 0 Å².